The van der Waals surface area contributed by atoms with E-state index < -0.39 is 0 Å². The Morgan fingerprint density at radius 1 is 1.50 bits per heavy atom. The first-order chi connectivity index (χ1) is 9.58. The Hall–Kier alpha value is -1.31. The van der Waals surface area contributed by atoms with Crippen molar-refractivity contribution in [3.05, 3.63) is 21.4 Å². The number of amides is 1. The number of nitrogens with one attached hydrogen (secondary N) is 1. The summed E-state index contributed by atoms with van der Waals surface area (Å²) in [5.74, 6) is 5.46. The number of aliphatic hydroxyl groups excluding tert-OH is 1. The van der Waals surface area contributed by atoms with Crippen molar-refractivity contribution < 1.29 is 9.90 Å². The molecule has 0 saturated carbocycles. The van der Waals surface area contributed by atoms with Crippen LogP contribution in [0.25, 0.3) is 0 Å². The lowest BCUT2D eigenvalue weighted by atomic mass is 10.1. The van der Waals surface area contributed by atoms with Crippen LogP contribution in [-0.4, -0.2) is 23.7 Å². The van der Waals surface area contributed by atoms with Crippen LogP contribution < -0.4 is 5.32 Å². The highest BCUT2D eigenvalue weighted by Gasteiger charge is 2.13. The van der Waals surface area contributed by atoms with E-state index in [2.05, 4.69) is 24.1 Å². The number of aryl methyl sites for hydroxylation is 1. The Morgan fingerprint density at radius 2 is 2.25 bits per heavy atom. The molecular formula is C16H23NO2S. The lowest BCUT2D eigenvalue weighted by Crippen LogP contribution is -2.31. The van der Waals surface area contributed by atoms with E-state index >= 15 is 0 Å². The molecule has 0 aliphatic heterocycles. The fourth-order valence-electron chi connectivity index (χ4n) is 1.91. The third-order valence-corrected chi connectivity index (χ3v) is 4.19. The number of hydrogen-bond acceptors (Lipinski definition) is 3. The van der Waals surface area contributed by atoms with Crippen molar-refractivity contribution in [1.82, 2.24) is 5.32 Å². The predicted molar refractivity (Wildman–Crippen MR) is 84.1 cm³/mol. The van der Waals surface area contributed by atoms with Crippen LogP contribution >= 0.6 is 11.3 Å². The minimum absolute atomic E-state index is 0.0286. The highest BCUT2D eigenvalue weighted by Crippen LogP contribution is 2.21. The molecule has 1 unspecified atom stereocenters. The average molecular weight is 293 g/mol. The van der Waals surface area contributed by atoms with Crippen LogP contribution in [0.2, 0.25) is 0 Å². The normalized spacial score (nSPS) is 11.6. The Kier molecular flexibility index (Phi) is 7.35. The van der Waals surface area contributed by atoms with E-state index in [0.717, 1.165) is 23.3 Å². The third kappa shape index (κ3) is 5.36. The molecule has 0 spiro atoms. The molecule has 0 radical (unpaired) electrons. The summed E-state index contributed by atoms with van der Waals surface area (Å²) in [7, 11) is 0. The van der Waals surface area contributed by atoms with Gasteiger partial charge >= 0.3 is 0 Å². The lowest BCUT2D eigenvalue weighted by Gasteiger charge is -2.12. The maximum absolute atomic E-state index is 12.1. The van der Waals surface area contributed by atoms with Crippen LogP contribution in [0, 0.1) is 18.8 Å². The van der Waals surface area contributed by atoms with Gasteiger partial charge in [-0.3, -0.25) is 4.79 Å². The second-order valence-corrected chi connectivity index (χ2v) is 6.01. The predicted octanol–water partition coefficient (Wildman–Crippen LogP) is 3.10. The van der Waals surface area contributed by atoms with Crippen molar-refractivity contribution in [3.8, 4) is 11.8 Å². The standard InChI is InChI=1S/C16H23NO2S/c1-4-5-6-8-13(3)17-16(19)15-11-12(2)14(20-15)9-7-10-18/h11,13,18H,4-6,8,10H2,1-3H3,(H,17,19). The van der Waals surface area contributed by atoms with E-state index in [4.69, 9.17) is 5.11 Å². The highest BCUT2D eigenvalue weighted by molar-refractivity contribution is 7.14. The van der Waals surface area contributed by atoms with Crippen LogP contribution in [0.3, 0.4) is 0 Å². The molecule has 0 aliphatic carbocycles. The molecule has 1 rings (SSSR count). The number of thiophene rings is 1. The first kappa shape index (κ1) is 16.7. The molecule has 2 N–H and O–H groups in total. The van der Waals surface area contributed by atoms with Gasteiger partial charge in [-0.05, 0) is 31.9 Å². The fraction of sp³-hybridized carbons (Fsp3) is 0.562. The number of hydrogen-bond donors (Lipinski definition) is 2. The van der Waals surface area contributed by atoms with Crippen molar-refractivity contribution in [2.24, 2.45) is 0 Å². The molecule has 1 aromatic heterocycles. The van der Waals surface area contributed by atoms with Crippen molar-refractivity contribution >= 4 is 17.2 Å². The Bertz CT molecular complexity index is 496. The van der Waals surface area contributed by atoms with Gasteiger partial charge in [0.1, 0.15) is 6.61 Å². The number of aliphatic hydroxyl groups is 1. The van der Waals surface area contributed by atoms with Gasteiger partial charge in [0.2, 0.25) is 0 Å². The molecule has 110 valence electrons. The third-order valence-electron chi connectivity index (χ3n) is 3.04. The zero-order chi connectivity index (χ0) is 15.0. The maximum Gasteiger partial charge on any atom is 0.261 e. The van der Waals surface area contributed by atoms with Crippen molar-refractivity contribution in [2.75, 3.05) is 6.61 Å². The molecule has 3 nitrogen and oxygen atoms in total. The largest absolute Gasteiger partial charge is 0.384 e. The van der Waals surface area contributed by atoms with E-state index in [9.17, 15) is 4.79 Å². The molecular weight excluding hydrogens is 270 g/mol. The zero-order valence-corrected chi connectivity index (χ0v) is 13.3. The summed E-state index contributed by atoms with van der Waals surface area (Å²) in [6.45, 7) is 5.99. The zero-order valence-electron chi connectivity index (χ0n) is 12.5. The van der Waals surface area contributed by atoms with E-state index in [0.29, 0.717) is 4.88 Å². The van der Waals surface area contributed by atoms with Gasteiger partial charge in [-0.25, -0.2) is 0 Å². The van der Waals surface area contributed by atoms with E-state index in [1.54, 1.807) is 0 Å². The van der Waals surface area contributed by atoms with Crippen molar-refractivity contribution in [2.45, 2.75) is 52.5 Å². The van der Waals surface area contributed by atoms with Crippen LogP contribution in [0.1, 0.15) is 59.6 Å². The summed E-state index contributed by atoms with van der Waals surface area (Å²) < 4.78 is 0. The average Bonchev–Trinajstić information content (AvgIpc) is 2.78. The molecule has 1 amide bonds. The van der Waals surface area contributed by atoms with E-state index in [1.165, 1.54) is 24.2 Å². The monoisotopic (exact) mass is 293 g/mol. The number of unbranched alkanes of at least 4 members (excludes halogenated alkanes) is 2. The van der Waals surface area contributed by atoms with Crippen LogP contribution in [0.15, 0.2) is 6.07 Å². The van der Waals surface area contributed by atoms with Gasteiger partial charge in [0.15, 0.2) is 0 Å². The molecule has 1 heterocycles. The minimum atomic E-state index is -0.159. The van der Waals surface area contributed by atoms with Gasteiger partial charge in [-0.2, -0.15) is 0 Å². The molecule has 0 saturated heterocycles. The van der Waals surface area contributed by atoms with Crippen LogP contribution in [0.4, 0.5) is 0 Å². The smallest absolute Gasteiger partial charge is 0.261 e. The molecule has 1 atom stereocenters. The first-order valence-electron chi connectivity index (χ1n) is 7.09. The van der Waals surface area contributed by atoms with Crippen LogP contribution in [0.5, 0.6) is 0 Å². The summed E-state index contributed by atoms with van der Waals surface area (Å²) in [5, 5.41) is 11.7. The number of rotatable bonds is 6. The van der Waals surface area contributed by atoms with Gasteiger partial charge in [-0.1, -0.05) is 38.0 Å². The van der Waals surface area contributed by atoms with Gasteiger partial charge < -0.3 is 10.4 Å². The second kappa shape index (κ2) is 8.78. The van der Waals surface area contributed by atoms with Gasteiger partial charge in [0.25, 0.3) is 5.91 Å². The summed E-state index contributed by atoms with van der Waals surface area (Å²) in [6, 6.07) is 2.06. The summed E-state index contributed by atoms with van der Waals surface area (Å²) in [4.78, 5) is 13.7. The molecule has 1 aromatic rings. The van der Waals surface area contributed by atoms with Crippen molar-refractivity contribution in [1.29, 1.82) is 0 Å². The van der Waals surface area contributed by atoms with Gasteiger partial charge in [-0.15, -0.1) is 11.3 Å². The van der Waals surface area contributed by atoms with Gasteiger partial charge in [0.05, 0.1) is 9.75 Å². The molecule has 0 fully saturated rings. The Morgan fingerprint density at radius 3 is 2.90 bits per heavy atom. The second-order valence-electron chi connectivity index (χ2n) is 4.95. The topological polar surface area (TPSA) is 49.3 Å². The molecule has 20 heavy (non-hydrogen) atoms. The SMILES string of the molecule is CCCCCC(C)NC(=O)c1cc(C)c(C#CCO)s1. The first-order valence-corrected chi connectivity index (χ1v) is 7.91. The molecule has 4 heteroatoms. The minimum Gasteiger partial charge on any atom is -0.384 e. The summed E-state index contributed by atoms with van der Waals surface area (Å²) >= 11 is 1.38. The van der Waals surface area contributed by atoms with Crippen LogP contribution in [-0.2, 0) is 0 Å². The lowest BCUT2D eigenvalue weighted by molar-refractivity contribution is 0.0942. The van der Waals surface area contributed by atoms with Crippen molar-refractivity contribution in [3.63, 3.8) is 0 Å². The Labute approximate surface area is 125 Å². The quantitative estimate of drug-likeness (QED) is 0.625. The fourth-order valence-corrected chi connectivity index (χ4v) is 2.86. The van der Waals surface area contributed by atoms with Gasteiger partial charge in [0, 0.05) is 6.04 Å². The maximum atomic E-state index is 12.1. The summed E-state index contributed by atoms with van der Waals surface area (Å²) in [6.07, 6.45) is 4.56. The highest BCUT2D eigenvalue weighted by atomic mass is 32.1. The summed E-state index contributed by atoms with van der Waals surface area (Å²) in [5.41, 5.74) is 0.986. The molecule has 0 aliphatic rings. The molecule has 0 bridgehead atoms. The van der Waals surface area contributed by atoms with E-state index in [1.807, 2.05) is 19.9 Å². The Balaban J connectivity index is 2.59. The number of carbonyl (C=O) groups is 1. The number of carbonyl (C=O) groups excluding carboxylic acids is 1. The molecule has 0 aromatic carbocycles. The van der Waals surface area contributed by atoms with E-state index in [-0.39, 0.29) is 18.6 Å².